The zero-order valence-electron chi connectivity index (χ0n) is 12.7. The topological polar surface area (TPSA) is 25.2 Å². The molecule has 108 valence electrons. The molecule has 0 saturated heterocycles. The molecule has 0 fully saturated rings. The van der Waals surface area contributed by atoms with E-state index >= 15 is 0 Å². The fourth-order valence-corrected chi connectivity index (χ4v) is 2.70. The Balaban J connectivity index is 2.37. The summed E-state index contributed by atoms with van der Waals surface area (Å²) >= 11 is 0. The van der Waals surface area contributed by atoms with Gasteiger partial charge in [-0.25, -0.2) is 0 Å². The van der Waals surface area contributed by atoms with Gasteiger partial charge in [0, 0.05) is 23.4 Å². The molecule has 0 aliphatic carbocycles. The van der Waals surface area contributed by atoms with Gasteiger partial charge in [0.15, 0.2) is 5.43 Å². The highest BCUT2D eigenvalue weighted by Gasteiger charge is 2.13. The second-order valence-corrected chi connectivity index (χ2v) is 5.79. The van der Waals surface area contributed by atoms with Gasteiger partial charge in [0.25, 0.3) is 0 Å². The molecule has 0 aliphatic rings. The number of rotatable bonds is 3. The van der Waals surface area contributed by atoms with Crippen LogP contribution in [0, 0.1) is 0 Å². The molecular weight excluding hydrogens is 260 g/mol. The second kappa shape index (κ2) is 5.34. The van der Waals surface area contributed by atoms with Gasteiger partial charge < -0.3 is 9.47 Å². The number of fused-ring (bicyclic) bond motifs is 2. The lowest BCUT2D eigenvalue weighted by atomic mass is 10.1. The number of likely N-dealkylation sites (N-methyl/N-ethyl adjacent to an activating group) is 1. The van der Waals surface area contributed by atoms with E-state index in [2.05, 4.69) is 30.5 Å². The molecule has 0 amide bonds. The van der Waals surface area contributed by atoms with Crippen LogP contribution < -0.4 is 5.43 Å². The molecule has 1 heterocycles. The van der Waals surface area contributed by atoms with Crippen LogP contribution in [0.25, 0.3) is 21.8 Å². The van der Waals surface area contributed by atoms with Gasteiger partial charge in [-0.15, -0.1) is 0 Å². The Hall–Kier alpha value is -2.13. The number of hydrogen-bond acceptors (Lipinski definition) is 2. The minimum atomic E-state index is 0.120. The summed E-state index contributed by atoms with van der Waals surface area (Å²) in [5.41, 5.74) is 2.14. The van der Waals surface area contributed by atoms with E-state index in [1.54, 1.807) is 0 Å². The molecule has 21 heavy (non-hydrogen) atoms. The summed E-state index contributed by atoms with van der Waals surface area (Å²) in [5.74, 6) is 0. The lowest BCUT2D eigenvalue weighted by molar-refractivity contribution is 0.288. The van der Waals surface area contributed by atoms with Crippen molar-refractivity contribution in [1.29, 1.82) is 0 Å². The molecule has 1 atom stereocenters. The quantitative estimate of drug-likeness (QED) is 0.689. The largest absolute Gasteiger partial charge is 0.339 e. The van der Waals surface area contributed by atoms with Crippen molar-refractivity contribution >= 4 is 21.8 Å². The zero-order chi connectivity index (χ0) is 15.0. The second-order valence-electron chi connectivity index (χ2n) is 5.79. The summed E-state index contributed by atoms with van der Waals surface area (Å²) in [6.07, 6.45) is 0. The average molecular weight is 280 g/mol. The van der Waals surface area contributed by atoms with Gasteiger partial charge in [-0.05, 0) is 45.3 Å². The first-order chi connectivity index (χ1) is 10.1. The average Bonchev–Trinajstić information content (AvgIpc) is 2.51. The van der Waals surface area contributed by atoms with Crippen molar-refractivity contribution in [2.45, 2.75) is 19.5 Å². The molecule has 0 N–H and O–H groups in total. The lowest BCUT2D eigenvalue weighted by Crippen LogP contribution is -2.30. The number of benzene rings is 2. The maximum atomic E-state index is 12.6. The van der Waals surface area contributed by atoms with Crippen molar-refractivity contribution in [1.82, 2.24) is 9.47 Å². The van der Waals surface area contributed by atoms with Gasteiger partial charge in [-0.3, -0.25) is 4.79 Å². The molecule has 0 spiro atoms. The molecule has 3 nitrogen and oxygen atoms in total. The van der Waals surface area contributed by atoms with Gasteiger partial charge in [0.05, 0.1) is 11.0 Å². The summed E-state index contributed by atoms with van der Waals surface area (Å²) in [4.78, 5) is 14.8. The van der Waals surface area contributed by atoms with E-state index in [1.165, 1.54) is 0 Å². The fraction of sp³-hybridized carbons (Fsp3) is 0.278. The molecule has 0 radical (unpaired) electrons. The van der Waals surface area contributed by atoms with Crippen LogP contribution in [0.1, 0.15) is 6.92 Å². The first kappa shape index (κ1) is 13.8. The Bertz CT molecular complexity index is 789. The summed E-state index contributed by atoms with van der Waals surface area (Å²) in [6, 6.07) is 16.1. The Labute approximate surface area is 124 Å². The van der Waals surface area contributed by atoms with E-state index in [1.807, 2.05) is 48.5 Å². The van der Waals surface area contributed by atoms with Crippen LogP contribution in [0.15, 0.2) is 53.3 Å². The predicted octanol–water partition coefficient (Wildman–Crippen LogP) is 3.10. The standard InChI is InChI=1S/C18H20N2O/c1-13(19(2)3)12-20-16-10-6-4-8-14(16)18(21)15-9-5-7-11-17(15)20/h4-11,13H,12H2,1-3H3. The molecule has 3 rings (SSSR count). The van der Waals surface area contributed by atoms with E-state index in [0.29, 0.717) is 6.04 Å². The van der Waals surface area contributed by atoms with Gasteiger partial charge in [-0.2, -0.15) is 0 Å². The normalized spacial score (nSPS) is 13.1. The Morgan fingerprint density at radius 3 is 1.90 bits per heavy atom. The minimum absolute atomic E-state index is 0.120. The van der Waals surface area contributed by atoms with Crippen molar-refractivity contribution < 1.29 is 0 Å². The monoisotopic (exact) mass is 280 g/mol. The van der Waals surface area contributed by atoms with E-state index < -0.39 is 0 Å². The van der Waals surface area contributed by atoms with Crippen LogP contribution >= 0.6 is 0 Å². The van der Waals surface area contributed by atoms with Crippen LogP contribution in [0.2, 0.25) is 0 Å². The molecular formula is C18H20N2O. The number of aromatic nitrogens is 1. The van der Waals surface area contributed by atoms with Gasteiger partial charge in [0.1, 0.15) is 0 Å². The molecule has 3 heteroatoms. The fourth-order valence-electron chi connectivity index (χ4n) is 2.70. The molecule has 1 unspecified atom stereocenters. The van der Waals surface area contributed by atoms with Crippen LogP contribution in [0.5, 0.6) is 0 Å². The van der Waals surface area contributed by atoms with Crippen LogP contribution in [0.4, 0.5) is 0 Å². The minimum Gasteiger partial charge on any atom is -0.339 e. The van der Waals surface area contributed by atoms with Crippen molar-refractivity contribution in [3.8, 4) is 0 Å². The lowest BCUT2D eigenvalue weighted by Gasteiger charge is -2.23. The van der Waals surface area contributed by atoms with E-state index in [9.17, 15) is 4.79 Å². The third kappa shape index (κ3) is 2.34. The number of pyridine rings is 1. The van der Waals surface area contributed by atoms with Gasteiger partial charge >= 0.3 is 0 Å². The van der Waals surface area contributed by atoms with E-state index in [-0.39, 0.29) is 5.43 Å². The van der Waals surface area contributed by atoms with Gasteiger partial charge in [-0.1, -0.05) is 24.3 Å². The van der Waals surface area contributed by atoms with Crippen LogP contribution in [-0.4, -0.2) is 29.6 Å². The molecule has 3 aromatic rings. The summed E-state index contributed by atoms with van der Waals surface area (Å²) in [5, 5.41) is 1.59. The van der Waals surface area contributed by atoms with Crippen LogP contribution in [-0.2, 0) is 6.54 Å². The summed E-state index contributed by atoms with van der Waals surface area (Å²) < 4.78 is 2.26. The summed E-state index contributed by atoms with van der Waals surface area (Å²) in [7, 11) is 4.16. The number of nitrogens with zero attached hydrogens (tertiary/aromatic N) is 2. The third-order valence-corrected chi connectivity index (χ3v) is 4.21. The number of para-hydroxylation sites is 2. The predicted molar refractivity (Wildman–Crippen MR) is 88.9 cm³/mol. The van der Waals surface area contributed by atoms with Gasteiger partial charge in [0.2, 0.25) is 0 Å². The van der Waals surface area contributed by atoms with Crippen molar-refractivity contribution in [3.05, 3.63) is 58.8 Å². The zero-order valence-corrected chi connectivity index (χ0v) is 12.7. The van der Waals surface area contributed by atoms with E-state index in [4.69, 9.17) is 0 Å². The number of hydrogen-bond donors (Lipinski definition) is 0. The SMILES string of the molecule is CC(Cn1c2ccccc2c(=O)c2ccccc21)N(C)C. The first-order valence-corrected chi connectivity index (χ1v) is 7.26. The molecule has 2 aromatic carbocycles. The Kier molecular flexibility index (Phi) is 3.52. The maximum absolute atomic E-state index is 12.6. The molecule has 0 bridgehead atoms. The maximum Gasteiger partial charge on any atom is 0.197 e. The molecule has 0 saturated carbocycles. The first-order valence-electron chi connectivity index (χ1n) is 7.26. The Morgan fingerprint density at radius 2 is 1.43 bits per heavy atom. The highest BCUT2D eigenvalue weighted by atomic mass is 16.1. The van der Waals surface area contributed by atoms with E-state index in [0.717, 1.165) is 28.4 Å². The highest BCUT2D eigenvalue weighted by molar-refractivity contribution is 5.93. The molecule has 1 aromatic heterocycles. The summed E-state index contributed by atoms with van der Waals surface area (Å²) in [6.45, 7) is 3.05. The smallest absolute Gasteiger partial charge is 0.197 e. The van der Waals surface area contributed by atoms with Crippen molar-refractivity contribution in [2.75, 3.05) is 14.1 Å². The van der Waals surface area contributed by atoms with Crippen molar-refractivity contribution in [3.63, 3.8) is 0 Å². The molecule has 0 aliphatic heterocycles. The van der Waals surface area contributed by atoms with Crippen LogP contribution in [0.3, 0.4) is 0 Å². The Morgan fingerprint density at radius 1 is 0.952 bits per heavy atom. The van der Waals surface area contributed by atoms with Crippen molar-refractivity contribution in [2.24, 2.45) is 0 Å². The third-order valence-electron chi connectivity index (χ3n) is 4.21. The highest BCUT2D eigenvalue weighted by Crippen LogP contribution is 2.20.